The molecule has 0 spiro atoms. The van der Waals surface area contributed by atoms with E-state index >= 15 is 0 Å². The minimum Gasteiger partial charge on any atom is -0.507 e. The predicted octanol–water partition coefficient (Wildman–Crippen LogP) is 6.36. The molecule has 0 aliphatic heterocycles. The highest BCUT2D eigenvalue weighted by molar-refractivity contribution is 7.99. The fourth-order valence-corrected chi connectivity index (χ4v) is 3.50. The van der Waals surface area contributed by atoms with Crippen LogP contribution in [0, 0.1) is 0 Å². The van der Waals surface area contributed by atoms with Crippen molar-refractivity contribution in [2.75, 3.05) is 5.75 Å². The molecule has 0 atom stereocenters. The molecule has 21 heavy (non-hydrogen) atoms. The Morgan fingerprint density at radius 2 is 1.33 bits per heavy atom. The van der Waals surface area contributed by atoms with E-state index in [2.05, 4.69) is 32.9 Å². The van der Waals surface area contributed by atoms with E-state index in [0.29, 0.717) is 5.75 Å². The Morgan fingerprint density at radius 1 is 0.810 bits per heavy atom. The van der Waals surface area contributed by atoms with E-state index in [1.807, 2.05) is 11.8 Å². The number of hydrogen-bond donors (Lipinski definition) is 1. The molecule has 0 heterocycles. The van der Waals surface area contributed by atoms with Crippen molar-refractivity contribution in [3.05, 3.63) is 23.3 Å². The third-order valence-corrected chi connectivity index (χ3v) is 4.92. The molecule has 0 aromatic heterocycles. The van der Waals surface area contributed by atoms with Crippen molar-refractivity contribution < 1.29 is 5.11 Å². The summed E-state index contributed by atoms with van der Waals surface area (Å²) in [4.78, 5) is 1.35. The van der Waals surface area contributed by atoms with E-state index < -0.39 is 0 Å². The highest BCUT2D eigenvalue weighted by Crippen LogP contribution is 2.32. The molecular weight excluding hydrogens is 276 g/mol. The molecular formula is C19H32OS. The van der Waals surface area contributed by atoms with Gasteiger partial charge in [-0.05, 0) is 61.1 Å². The van der Waals surface area contributed by atoms with Crippen LogP contribution in [0.25, 0.3) is 0 Å². The minimum absolute atomic E-state index is 0.565. The Kier molecular flexibility index (Phi) is 9.65. The van der Waals surface area contributed by atoms with Crippen LogP contribution in [0.3, 0.4) is 0 Å². The first-order chi connectivity index (χ1) is 10.2. The van der Waals surface area contributed by atoms with Crippen LogP contribution in [0.15, 0.2) is 17.0 Å². The molecule has 0 unspecified atom stereocenters. The second-order valence-corrected chi connectivity index (χ2v) is 7.02. The summed E-state index contributed by atoms with van der Waals surface area (Å²) in [6.45, 7) is 6.66. The van der Waals surface area contributed by atoms with Gasteiger partial charge in [0.1, 0.15) is 5.75 Å². The average molecular weight is 309 g/mol. The summed E-state index contributed by atoms with van der Waals surface area (Å²) in [5, 5.41) is 10.5. The quantitative estimate of drug-likeness (QED) is 0.379. The van der Waals surface area contributed by atoms with E-state index in [0.717, 1.165) is 36.8 Å². The largest absolute Gasteiger partial charge is 0.507 e. The number of aryl methyl sites for hydroxylation is 2. The van der Waals surface area contributed by atoms with Crippen LogP contribution in [0.5, 0.6) is 5.75 Å². The lowest BCUT2D eigenvalue weighted by atomic mass is 10.0. The van der Waals surface area contributed by atoms with Gasteiger partial charge in [0.2, 0.25) is 0 Å². The average Bonchev–Trinajstić information content (AvgIpc) is 2.50. The number of aromatic hydroxyl groups is 1. The normalized spacial score (nSPS) is 11.0. The molecule has 1 N–H and O–H groups in total. The smallest absolute Gasteiger partial charge is 0.122 e. The lowest BCUT2D eigenvalue weighted by molar-refractivity contribution is 0.458. The fourth-order valence-electron chi connectivity index (χ4n) is 2.47. The number of rotatable bonds is 11. The molecule has 1 aromatic rings. The van der Waals surface area contributed by atoms with Crippen LogP contribution in [0.2, 0.25) is 0 Å². The Bertz CT molecular complexity index is 372. The van der Waals surface area contributed by atoms with Crippen molar-refractivity contribution in [2.45, 2.75) is 83.5 Å². The zero-order valence-electron chi connectivity index (χ0n) is 14.1. The Balaban J connectivity index is 2.79. The van der Waals surface area contributed by atoms with Gasteiger partial charge in [-0.3, -0.25) is 0 Å². The first kappa shape index (κ1) is 18.4. The Labute approximate surface area is 135 Å². The van der Waals surface area contributed by atoms with Gasteiger partial charge in [-0.2, -0.15) is 0 Å². The van der Waals surface area contributed by atoms with Gasteiger partial charge in [0, 0.05) is 4.90 Å². The lowest BCUT2D eigenvalue weighted by Crippen LogP contribution is -1.94. The minimum atomic E-state index is 0.565. The molecule has 0 saturated carbocycles. The van der Waals surface area contributed by atoms with Crippen LogP contribution >= 0.6 is 11.8 Å². The summed E-state index contributed by atoms with van der Waals surface area (Å²) in [5.41, 5.74) is 2.31. The topological polar surface area (TPSA) is 20.2 Å². The number of hydrogen-bond acceptors (Lipinski definition) is 2. The van der Waals surface area contributed by atoms with Gasteiger partial charge in [0.05, 0.1) is 0 Å². The summed E-state index contributed by atoms with van der Waals surface area (Å²) >= 11 is 1.95. The maximum atomic E-state index is 10.5. The molecule has 120 valence electrons. The second kappa shape index (κ2) is 11.0. The monoisotopic (exact) mass is 308 g/mol. The molecule has 1 nitrogen and oxygen atoms in total. The van der Waals surface area contributed by atoms with Gasteiger partial charge in [-0.25, -0.2) is 0 Å². The maximum absolute atomic E-state index is 10.5. The highest BCUT2D eigenvalue weighted by Gasteiger charge is 2.10. The van der Waals surface area contributed by atoms with Gasteiger partial charge in [-0.15, -0.1) is 11.8 Å². The van der Waals surface area contributed by atoms with Crippen molar-refractivity contribution in [2.24, 2.45) is 0 Å². The summed E-state index contributed by atoms with van der Waals surface area (Å²) in [6.07, 6.45) is 10.6. The van der Waals surface area contributed by atoms with E-state index in [9.17, 15) is 5.11 Å². The zero-order chi connectivity index (χ0) is 15.5. The number of thioether (sulfide) groups is 1. The number of unbranched alkanes of at least 4 members (excludes halogenated alkanes) is 4. The summed E-state index contributed by atoms with van der Waals surface area (Å²) in [6, 6.07) is 4.44. The molecule has 0 bridgehead atoms. The summed E-state index contributed by atoms with van der Waals surface area (Å²) in [7, 11) is 0. The van der Waals surface area contributed by atoms with Crippen molar-refractivity contribution in [1.82, 2.24) is 0 Å². The van der Waals surface area contributed by atoms with E-state index in [4.69, 9.17) is 0 Å². The van der Waals surface area contributed by atoms with E-state index in [1.165, 1.54) is 42.8 Å². The van der Waals surface area contributed by atoms with E-state index in [1.54, 1.807) is 0 Å². The maximum Gasteiger partial charge on any atom is 0.122 e. The molecule has 0 amide bonds. The van der Waals surface area contributed by atoms with Gasteiger partial charge >= 0.3 is 0 Å². The van der Waals surface area contributed by atoms with Crippen molar-refractivity contribution in [3.63, 3.8) is 0 Å². The number of benzene rings is 1. The van der Waals surface area contributed by atoms with Gasteiger partial charge in [0.15, 0.2) is 0 Å². The van der Waals surface area contributed by atoms with Crippen LogP contribution in [0.1, 0.15) is 76.8 Å². The van der Waals surface area contributed by atoms with E-state index in [-0.39, 0.29) is 0 Å². The first-order valence-electron chi connectivity index (χ1n) is 8.70. The molecule has 1 rings (SSSR count). The van der Waals surface area contributed by atoms with Crippen molar-refractivity contribution >= 4 is 11.8 Å². The standard InChI is InChI=1S/C19H32OS/c1-4-7-10-13-21-18-14-16(11-8-5-2)19(20)17(15-18)12-9-6-3/h14-15,20H,4-13H2,1-3H3. The van der Waals surface area contributed by atoms with Crippen LogP contribution in [-0.4, -0.2) is 10.9 Å². The molecule has 0 radical (unpaired) electrons. The first-order valence-corrected chi connectivity index (χ1v) is 9.69. The van der Waals surface area contributed by atoms with Crippen LogP contribution < -0.4 is 0 Å². The van der Waals surface area contributed by atoms with Crippen LogP contribution in [0.4, 0.5) is 0 Å². The summed E-state index contributed by atoms with van der Waals surface area (Å²) < 4.78 is 0. The number of phenols is 1. The lowest BCUT2D eigenvalue weighted by Gasteiger charge is -2.13. The van der Waals surface area contributed by atoms with Gasteiger partial charge in [-0.1, -0.05) is 46.5 Å². The Morgan fingerprint density at radius 3 is 1.81 bits per heavy atom. The van der Waals surface area contributed by atoms with Gasteiger partial charge < -0.3 is 5.11 Å². The molecule has 0 aliphatic rings. The third-order valence-electron chi connectivity index (χ3n) is 3.86. The Hall–Kier alpha value is -0.630. The third kappa shape index (κ3) is 6.78. The molecule has 0 fully saturated rings. The fraction of sp³-hybridized carbons (Fsp3) is 0.684. The molecule has 2 heteroatoms. The molecule has 0 saturated heterocycles. The number of phenolic OH excluding ortho intramolecular Hbond substituents is 1. The predicted molar refractivity (Wildman–Crippen MR) is 95.6 cm³/mol. The molecule has 0 aliphatic carbocycles. The van der Waals surface area contributed by atoms with Crippen molar-refractivity contribution in [3.8, 4) is 5.75 Å². The molecule has 1 aromatic carbocycles. The summed E-state index contributed by atoms with van der Waals surface area (Å²) in [5.74, 6) is 1.76. The zero-order valence-corrected chi connectivity index (χ0v) is 14.9. The van der Waals surface area contributed by atoms with Crippen molar-refractivity contribution in [1.29, 1.82) is 0 Å². The second-order valence-electron chi connectivity index (χ2n) is 5.85. The van der Waals surface area contributed by atoms with Crippen LogP contribution in [-0.2, 0) is 12.8 Å². The SMILES string of the molecule is CCCCCSc1cc(CCCC)c(O)c(CCCC)c1. The van der Waals surface area contributed by atoms with Gasteiger partial charge in [0.25, 0.3) is 0 Å². The highest BCUT2D eigenvalue weighted by atomic mass is 32.2.